The number of aryl methyl sites for hydroxylation is 2. The first-order valence-corrected chi connectivity index (χ1v) is 14.9. The summed E-state index contributed by atoms with van der Waals surface area (Å²) < 4.78 is 41.6. The molecule has 1 aromatic heterocycles. The highest BCUT2D eigenvalue weighted by atomic mass is 35.5. The SMILES string of the molecule is CCOC(=O)CC(c1ccc(C)c(CN2C[C@@H](C)Oc3ccccc3S2(=O)=O)c1)c1ccc2c(nnn2C)c1Cl. The van der Waals surface area contributed by atoms with Crippen LogP contribution in [0, 0.1) is 6.92 Å². The molecule has 3 aromatic carbocycles. The number of carbonyl (C=O) groups is 1. The van der Waals surface area contributed by atoms with Crippen LogP contribution in [0.5, 0.6) is 5.75 Å². The van der Waals surface area contributed by atoms with Gasteiger partial charge in [0.05, 0.1) is 30.1 Å². The summed E-state index contributed by atoms with van der Waals surface area (Å²) in [7, 11) is -2.03. The summed E-state index contributed by atoms with van der Waals surface area (Å²) >= 11 is 6.84. The molecule has 40 heavy (non-hydrogen) atoms. The molecule has 0 saturated heterocycles. The second-order valence-corrected chi connectivity index (χ2v) is 12.3. The average Bonchev–Trinajstić information content (AvgIpc) is 3.26. The summed E-state index contributed by atoms with van der Waals surface area (Å²) in [5.74, 6) is -0.449. The number of fused-ring (bicyclic) bond motifs is 2. The third-order valence-corrected chi connectivity index (χ3v) is 9.43. The Morgan fingerprint density at radius 2 is 1.98 bits per heavy atom. The van der Waals surface area contributed by atoms with E-state index < -0.39 is 15.9 Å². The predicted octanol–water partition coefficient (Wildman–Crippen LogP) is 4.99. The van der Waals surface area contributed by atoms with Gasteiger partial charge in [0.2, 0.25) is 10.0 Å². The summed E-state index contributed by atoms with van der Waals surface area (Å²) in [6.45, 7) is 6.16. The Morgan fingerprint density at radius 3 is 2.75 bits per heavy atom. The van der Waals surface area contributed by atoms with Gasteiger partial charge < -0.3 is 9.47 Å². The van der Waals surface area contributed by atoms with Crippen molar-refractivity contribution in [3.63, 3.8) is 0 Å². The minimum Gasteiger partial charge on any atom is -0.488 e. The second kappa shape index (κ2) is 11.2. The van der Waals surface area contributed by atoms with Crippen LogP contribution in [0.1, 0.15) is 48.4 Å². The Hall–Kier alpha value is -3.47. The van der Waals surface area contributed by atoms with E-state index in [-0.39, 0.29) is 43.1 Å². The predicted molar refractivity (Wildman–Crippen MR) is 152 cm³/mol. The highest BCUT2D eigenvalue weighted by Gasteiger charge is 2.34. The van der Waals surface area contributed by atoms with E-state index in [0.717, 1.165) is 27.8 Å². The molecule has 2 heterocycles. The molecule has 1 aliphatic rings. The normalized spacial score (nSPS) is 17.6. The van der Waals surface area contributed by atoms with Crippen LogP contribution in [-0.2, 0) is 33.1 Å². The molecule has 1 aliphatic heterocycles. The van der Waals surface area contributed by atoms with Crippen LogP contribution in [0.2, 0.25) is 5.02 Å². The van der Waals surface area contributed by atoms with Gasteiger partial charge in [0, 0.05) is 19.5 Å². The smallest absolute Gasteiger partial charge is 0.306 e. The quantitative estimate of drug-likeness (QED) is 0.283. The standard InChI is InChI=1S/C29H31ClN4O5S/c1-5-38-27(35)15-23(22-12-13-24-29(28(22)30)31-32-33(24)4)20-11-10-18(2)21(14-20)17-34-16-19(3)39-25-8-6-7-9-26(25)40(34,36)37/h6-14,19,23H,5,15-17H2,1-4H3/t19-,23?/m1/s1. The number of sulfonamides is 1. The van der Waals surface area contributed by atoms with E-state index >= 15 is 0 Å². The molecule has 1 unspecified atom stereocenters. The highest BCUT2D eigenvalue weighted by Crippen LogP contribution is 2.38. The summed E-state index contributed by atoms with van der Waals surface area (Å²) in [6.07, 6.45) is -0.279. The Balaban J connectivity index is 1.56. The Morgan fingerprint density at radius 1 is 1.20 bits per heavy atom. The van der Waals surface area contributed by atoms with Gasteiger partial charge >= 0.3 is 5.97 Å². The number of hydrogen-bond acceptors (Lipinski definition) is 7. The van der Waals surface area contributed by atoms with Crippen molar-refractivity contribution in [3.8, 4) is 5.75 Å². The first kappa shape index (κ1) is 28.1. The maximum atomic E-state index is 13.7. The molecule has 0 bridgehead atoms. The zero-order chi connectivity index (χ0) is 28.6. The maximum absolute atomic E-state index is 13.7. The van der Waals surface area contributed by atoms with E-state index in [1.54, 1.807) is 42.9 Å². The number of aromatic nitrogens is 3. The van der Waals surface area contributed by atoms with Gasteiger partial charge in [0.1, 0.15) is 22.3 Å². The molecule has 0 aliphatic carbocycles. The van der Waals surface area contributed by atoms with Gasteiger partial charge in [-0.05, 0) is 61.2 Å². The van der Waals surface area contributed by atoms with Crippen LogP contribution in [0.3, 0.4) is 0 Å². The highest BCUT2D eigenvalue weighted by molar-refractivity contribution is 7.89. The van der Waals surface area contributed by atoms with Crippen molar-refractivity contribution in [1.82, 2.24) is 19.3 Å². The van der Waals surface area contributed by atoms with Crippen LogP contribution >= 0.6 is 11.6 Å². The molecular formula is C29H31ClN4O5S. The van der Waals surface area contributed by atoms with E-state index in [4.69, 9.17) is 21.1 Å². The fourth-order valence-corrected chi connectivity index (χ4v) is 7.05. The lowest BCUT2D eigenvalue weighted by Gasteiger charge is -2.24. The molecule has 0 radical (unpaired) electrons. The minimum absolute atomic E-state index is 0.0576. The average molecular weight is 583 g/mol. The van der Waals surface area contributed by atoms with E-state index in [9.17, 15) is 13.2 Å². The van der Waals surface area contributed by atoms with Crippen LogP contribution in [0.25, 0.3) is 11.0 Å². The monoisotopic (exact) mass is 582 g/mol. The number of halogens is 1. The van der Waals surface area contributed by atoms with Crippen LogP contribution < -0.4 is 4.74 Å². The molecule has 0 fully saturated rings. The van der Waals surface area contributed by atoms with Gasteiger partial charge in [-0.3, -0.25) is 4.79 Å². The van der Waals surface area contributed by atoms with Crippen molar-refractivity contribution in [1.29, 1.82) is 0 Å². The molecule has 0 N–H and O–H groups in total. The number of esters is 1. The van der Waals surface area contributed by atoms with Crippen molar-refractivity contribution >= 4 is 38.6 Å². The van der Waals surface area contributed by atoms with Gasteiger partial charge in [-0.2, -0.15) is 4.31 Å². The van der Waals surface area contributed by atoms with E-state index in [0.29, 0.717) is 16.3 Å². The lowest BCUT2D eigenvalue weighted by atomic mass is 9.86. The van der Waals surface area contributed by atoms with Crippen molar-refractivity contribution in [2.45, 2.75) is 50.7 Å². The van der Waals surface area contributed by atoms with Gasteiger partial charge in [0.25, 0.3) is 0 Å². The van der Waals surface area contributed by atoms with Gasteiger partial charge in [-0.15, -0.1) is 5.10 Å². The molecule has 0 spiro atoms. The summed E-state index contributed by atoms with van der Waals surface area (Å²) in [4.78, 5) is 12.9. The zero-order valence-corrected chi connectivity index (χ0v) is 24.4. The lowest BCUT2D eigenvalue weighted by molar-refractivity contribution is -0.143. The molecule has 210 valence electrons. The van der Waals surface area contributed by atoms with Gasteiger partial charge in [-0.1, -0.05) is 53.2 Å². The first-order chi connectivity index (χ1) is 19.1. The Bertz CT molecular complexity index is 1690. The zero-order valence-electron chi connectivity index (χ0n) is 22.8. The molecular weight excluding hydrogens is 552 g/mol. The molecule has 2 atom stereocenters. The number of rotatable bonds is 7. The van der Waals surface area contributed by atoms with Crippen LogP contribution in [0.4, 0.5) is 0 Å². The summed E-state index contributed by atoms with van der Waals surface area (Å²) in [6, 6.07) is 16.3. The number of carbonyl (C=O) groups excluding carboxylic acids is 1. The molecule has 4 aromatic rings. The van der Waals surface area contributed by atoms with Crippen molar-refractivity contribution in [2.24, 2.45) is 7.05 Å². The van der Waals surface area contributed by atoms with Crippen LogP contribution in [-0.4, -0.2) is 52.9 Å². The number of nitrogens with zero attached hydrogens (tertiary/aromatic N) is 4. The number of benzene rings is 3. The number of para-hydroxylation sites is 1. The minimum atomic E-state index is -3.81. The van der Waals surface area contributed by atoms with Gasteiger partial charge in [-0.25, -0.2) is 13.1 Å². The molecule has 5 rings (SSSR count). The van der Waals surface area contributed by atoms with Crippen molar-refractivity contribution < 1.29 is 22.7 Å². The Labute approximate surface area is 238 Å². The summed E-state index contributed by atoms with van der Waals surface area (Å²) in [5, 5.41) is 8.70. The number of ether oxygens (including phenoxy) is 2. The van der Waals surface area contributed by atoms with E-state index in [2.05, 4.69) is 10.3 Å². The fourth-order valence-electron chi connectivity index (χ4n) is 5.11. The Kier molecular flexibility index (Phi) is 7.85. The third-order valence-electron chi connectivity index (χ3n) is 7.18. The molecule has 0 amide bonds. The van der Waals surface area contributed by atoms with Crippen molar-refractivity contribution in [2.75, 3.05) is 13.2 Å². The molecule has 0 saturated carbocycles. The molecule has 9 nitrogen and oxygen atoms in total. The van der Waals surface area contributed by atoms with E-state index in [1.807, 2.05) is 44.2 Å². The third kappa shape index (κ3) is 5.31. The lowest BCUT2D eigenvalue weighted by Crippen LogP contribution is -2.35. The molecule has 11 heteroatoms. The van der Waals surface area contributed by atoms with Gasteiger partial charge in [0.15, 0.2) is 0 Å². The summed E-state index contributed by atoms with van der Waals surface area (Å²) in [5.41, 5.74) is 4.60. The number of hydrogen-bond donors (Lipinski definition) is 0. The maximum Gasteiger partial charge on any atom is 0.306 e. The topological polar surface area (TPSA) is 104 Å². The van der Waals surface area contributed by atoms with E-state index in [1.165, 1.54) is 4.31 Å². The largest absolute Gasteiger partial charge is 0.488 e. The van der Waals surface area contributed by atoms with Crippen molar-refractivity contribution in [3.05, 3.63) is 81.9 Å². The first-order valence-electron chi connectivity index (χ1n) is 13.1. The fraction of sp³-hybridized carbons (Fsp3) is 0.345. The second-order valence-electron chi connectivity index (χ2n) is 9.97. The van der Waals surface area contributed by atoms with Crippen LogP contribution in [0.15, 0.2) is 59.5 Å².